The van der Waals surface area contributed by atoms with Crippen LogP contribution in [0.15, 0.2) is 60.7 Å². The van der Waals surface area contributed by atoms with E-state index in [-0.39, 0.29) is 5.91 Å². The molecule has 0 saturated heterocycles. The zero-order valence-corrected chi connectivity index (χ0v) is 19.3. The summed E-state index contributed by atoms with van der Waals surface area (Å²) in [5.74, 6) is 1.30. The molecule has 0 aliphatic carbocycles. The number of aliphatic hydroxyl groups excluding tert-OH is 1. The van der Waals surface area contributed by atoms with Crippen LogP contribution in [0.5, 0.6) is 0 Å². The van der Waals surface area contributed by atoms with Crippen LogP contribution in [-0.4, -0.2) is 53.1 Å². The van der Waals surface area contributed by atoms with Crippen molar-refractivity contribution in [2.75, 3.05) is 36.8 Å². The first-order chi connectivity index (χ1) is 16.5. The van der Waals surface area contributed by atoms with Gasteiger partial charge in [0, 0.05) is 44.2 Å². The Hall–Kier alpha value is -3.98. The fraction of sp³-hybridized carbons (Fsp3) is 0.280. The first-order valence-electron chi connectivity index (χ1n) is 11.1. The fourth-order valence-electron chi connectivity index (χ4n) is 3.25. The molecule has 1 unspecified atom stereocenters. The van der Waals surface area contributed by atoms with Gasteiger partial charge in [0.15, 0.2) is 11.9 Å². The predicted molar refractivity (Wildman–Crippen MR) is 132 cm³/mol. The minimum Gasteiger partial charge on any atom is -0.378 e. The Morgan fingerprint density at radius 1 is 0.824 bits per heavy atom. The van der Waals surface area contributed by atoms with Crippen molar-refractivity contribution in [1.82, 2.24) is 20.6 Å². The maximum absolute atomic E-state index is 12.3. The van der Waals surface area contributed by atoms with E-state index in [9.17, 15) is 14.7 Å². The molecule has 0 saturated carbocycles. The number of amides is 2. The summed E-state index contributed by atoms with van der Waals surface area (Å²) in [6.45, 7) is 5.07. The molecule has 0 fully saturated rings. The van der Waals surface area contributed by atoms with Crippen LogP contribution in [0.1, 0.15) is 24.2 Å². The van der Waals surface area contributed by atoms with Crippen LogP contribution < -0.4 is 21.3 Å². The number of carbonyl (C=O) groups is 2. The largest absolute Gasteiger partial charge is 0.378 e. The lowest BCUT2D eigenvalue weighted by molar-refractivity contribution is -0.129. The van der Waals surface area contributed by atoms with Crippen molar-refractivity contribution < 1.29 is 14.7 Å². The molecular weight excluding hydrogens is 432 g/mol. The molecule has 1 aromatic heterocycles. The standard InChI is InChI=1S/C25H30N6O3/c1-17-22(27-14-13-26-18(2)32)30-24(20-11-7-4-8-12-20)31-23(17)28-15-16-29-25(34)21(33)19-9-5-3-6-10-19/h3-12,21,33H,13-16H2,1-2H3,(H,26,32)(H,29,34)(H2,27,28,30,31). The Morgan fingerprint density at radius 2 is 1.35 bits per heavy atom. The lowest BCUT2D eigenvalue weighted by Crippen LogP contribution is -2.33. The second kappa shape index (κ2) is 12.3. The van der Waals surface area contributed by atoms with Gasteiger partial charge in [-0.2, -0.15) is 0 Å². The van der Waals surface area contributed by atoms with Gasteiger partial charge in [-0.25, -0.2) is 9.97 Å². The number of aromatic nitrogens is 2. The molecule has 1 heterocycles. The van der Waals surface area contributed by atoms with E-state index < -0.39 is 12.0 Å². The highest BCUT2D eigenvalue weighted by atomic mass is 16.3. The molecule has 0 aliphatic heterocycles. The van der Waals surface area contributed by atoms with Crippen molar-refractivity contribution in [2.45, 2.75) is 20.0 Å². The molecule has 178 valence electrons. The van der Waals surface area contributed by atoms with Gasteiger partial charge in [0.05, 0.1) is 0 Å². The summed E-state index contributed by atoms with van der Waals surface area (Å²) in [7, 11) is 0. The molecule has 0 bridgehead atoms. The topological polar surface area (TPSA) is 128 Å². The van der Waals surface area contributed by atoms with E-state index in [0.717, 1.165) is 11.1 Å². The van der Waals surface area contributed by atoms with E-state index >= 15 is 0 Å². The summed E-state index contributed by atoms with van der Waals surface area (Å²) >= 11 is 0. The Bertz CT molecular complexity index is 1090. The third-order valence-corrected chi connectivity index (χ3v) is 5.05. The number of carbonyl (C=O) groups excluding carboxylic acids is 2. The molecule has 2 aromatic carbocycles. The Morgan fingerprint density at radius 3 is 1.91 bits per heavy atom. The van der Waals surface area contributed by atoms with E-state index in [0.29, 0.717) is 49.2 Å². The van der Waals surface area contributed by atoms with Gasteiger partial charge in [-0.3, -0.25) is 9.59 Å². The molecule has 34 heavy (non-hydrogen) atoms. The van der Waals surface area contributed by atoms with Crippen LogP contribution in [-0.2, 0) is 9.59 Å². The average Bonchev–Trinajstić information content (AvgIpc) is 2.86. The molecular formula is C25H30N6O3. The maximum Gasteiger partial charge on any atom is 0.253 e. The average molecular weight is 463 g/mol. The summed E-state index contributed by atoms with van der Waals surface area (Å²) in [6.07, 6.45) is -1.22. The first-order valence-corrected chi connectivity index (χ1v) is 11.1. The minimum atomic E-state index is -1.22. The number of hydrogen-bond donors (Lipinski definition) is 5. The zero-order valence-electron chi connectivity index (χ0n) is 19.3. The molecule has 1 atom stereocenters. The molecule has 3 rings (SSSR count). The molecule has 5 N–H and O–H groups in total. The van der Waals surface area contributed by atoms with Gasteiger partial charge in [-0.1, -0.05) is 60.7 Å². The first kappa shape index (κ1) is 24.7. The number of benzene rings is 2. The highest BCUT2D eigenvalue weighted by molar-refractivity contribution is 5.81. The predicted octanol–water partition coefficient (Wildman–Crippen LogP) is 2.26. The lowest BCUT2D eigenvalue weighted by Gasteiger charge is -2.16. The van der Waals surface area contributed by atoms with Crippen molar-refractivity contribution in [3.05, 3.63) is 71.8 Å². The van der Waals surface area contributed by atoms with Gasteiger partial charge in [0.25, 0.3) is 5.91 Å². The van der Waals surface area contributed by atoms with Crippen molar-refractivity contribution in [1.29, 1.82) is 0 Å². The molecule has 0 radical (unpaired) electrons. The van der Waals surface area contributed by atoms with Crippen LogP contribution >= 0.6 is 0 Å². The number of nitrogens with zero attached hydrogens (tertiary/aromatic N) is 2. The van der Waals surface area contributed by atoms with Crippen molar-refractivity contribution in [2.24, 2.45) is 0 Å². The summed E-state index contributed by atoms with van der Waals surface area (Å²) < 4.78 is 0. The molecule has 2 amide bonds. The van der Waals surface area contributed by atoms with Gasteiger partial charge in [0.2, 0.25) is 5.91 Å². The van der Waals surface area contributed by atoms with E-state index in [1.165, 1.54) is 6.92 Å². The molecule has 0 aliphatic rings. The van der Waals surface area contributed by atoms with Crippen LogP contribution in [0.25, 0.3) is 11.4 Å². The zero-order chi connectivity index (χ0) is 24.3. The van der Waals surface area contributed by atoms with Gasteiger partial charge in [-0.05, 0) is 12.5 Å². The second-order valence-corrected chi connectivity index (χ2v) is 7.68. The van der Waals surface area contributed by atoms with Crippen LogP contribution in [0.2, 0.25) is 0 Å². The van der Waals surface area contributed by atoms with Gasteiger partial charge in [0.1, 0.15) is 11.6 Å². The Balaban J connectivity index is 1.65. The van der Waals surface area contributed by atoms with E-state index in [1.54, 1.807) is 24.3 Å². The van der Waals surface area contributed by atoms with Gasteiger partial charge >= 0.3 is 0 Å². The maximum atomic E-state index is 12.3. The van der Waals surface area contributed by atoms with Crippen LogP contribution in [0, 0.1) is 6.92 Å². The second-order valence-electron chi connectivity index (χ2n) is 7.68. The third-order valence-electron chi connectivity index (χ3n) is 5.05. The Kier molecular flexibility index (Phi) is 8.93. The molecule has 0 spiro atoms. The summed E-state index contributed by atoms with van der Waals surface area (Å²) in [5, 5.41) is 22.2. The molecule has 9 heteroatoms. The van der Waals surface area contributed by atoms with E-state index in [2.05, 4.69) is 31.2 Å². The highest BCUT2D eigenvalue weighted by Gasteiger charge is 2.16. The quantitative estimate of drug-likeness (QED) is 0.277. The number of rotatable bonds is 11. The summed E-state index contributed by atoms with van der Waals surface area (Å²) in [6, 6.07) is 18.4. The van der Waals surface area contributed by atoms with Crippen LogP contribution in [0.4, 0.5) is 11.6 Å². The van der Waals surface area contributed by atoms with E-state index in [1.807, 2.05) is 43.3 Å². The smallest absolute Gasteiger partial charge is 0.253 e. The number of aliphatic hydroxyl groups is 1. The van der Waals surface area contributed by atoms with Crippen molar-refractivity contribution in [3.63, 3.8) is 0 Å². The fourth-order valence-corrected chi connectivity index (χ4v) is 3.25. The number of hydrogen-bond acceptors (Lipinski definition) is 7. The molecule has 3 aromatic rings. The monoisotopic (exact) mass is 462 g/mol. The Labute approximate surface area is 199 Å². The molecule has 9 nitrogen and oxygen atoms in total. The summed E-state index contributed by atoms with van der Waals surface area (Å²) in [5.41, 5.74) is 2.23. The number of anilines is 2. The minimum absolute atomic E-state index is 0.0898. The summed E-state index contributed by atoms with van der Waals surface area (Å²) in [4.78, 5) is 32.7. The third kappa shape index (κ3) is 7.01. The normalized spacial score (nSPS) is 11.4. The number of nitrogens with one attached hydrogen (secondary N) is 4. The lowest BCUT2D eigenvalue weighted by atomic mass is 10.1. The van der Waals surface area contributed by atoms with Gasteiger partial charge in [-0.15, -0.1) is 0 Å². The van der Waals surface area contributed by atoms with E-state index in [4.69, 9.17) is 0 Å². The van der Waals surface area contributed by atoms with Crippen molar-refractivity contribution >= 4 is 23.5 Å². The van der Waals surface area contributed by atoms with Crippen LogP contribution in [0.3, 0.4) is 0 Å². The highest BCUT2D eigenvalue weighted by Crippen LogP contribution is 2.25. The van der Waals surface area contributed by atoms with Gasteiger partial charge < -0.3 is 26.4 Å². The SMILES string of the molecule is CC(=O)NCCNc1nc(-c2ccccc2)nc(NCCNC(=O)C(O)c2ccccc2)c1C. The van der Waals surface area contributed by atoms with Crippen molar-refractivity contribution in [3.8, 4) is 11.4 Å².